The Bertz CT molecular complexity index is 1250. The third kappa shape index (κ3) is 5.88. The lowest BCUT2D eigenvalue weighted by atomic mass is 9.58. The molecule has 6 rings (SSSR count). The van der Waals surface area contributed by atoms with Crippen LogP contribution in [0.4, 0.5) is 5.69 Å². The summed E-state index contributed by atoms with van der Waals surface area (Å²) in [4.78, 5) is 16.3. The van der Waals surface area contributed by atoms with Gasteiger partial charge in [0.05, 0.1) is 38.5 Å². The fraction of sp³-hybridized carbons (Fsp3) is 0.457. The van der Waals surface area contributed by atoms with Gasteiger partial charge in [0.25, 0.3) is 0 Å². The van der Waals surface area contributed by atoms with Gasteiger partial charge in [-0.3, -0.25) is 9.69 Å². The van der Waals surface area contributed by atoms with Crippen LogP contribution in [0.2, 0.25) is 0 Å². The van der Waals surface area contributed by atoms with Gasteiger partial charge in [-0.15, -0.1) is 0 Å². The van der Waals surface area contributed by atoms with E-state index >= 15 is 0 Å². The largest absolute Gasteiger partial charge is 0.378 e. The standard InChI is InChI=1S/C35H42N2O3/c1-25-33-34(38)31-16-15-29(19-32(31)35(25,2)17-18-37(33)20-26-13-14-26)36-30(23-39-21-27-9-5-3-6-10-27)24-40-22-28-11-7-4-8-12-28/h3-12,15-16,19,25-26,30,33,36H,13-14,17-18,20-24H2,1-2H3/t25-,33-,35+/m0/s1. The zero-order chi connectivity index (χ0) is 27.5. The number of rotatable bonds is 12. The molecule has 2 bridgehead atoms. The minimum atomic E-state index is -0.0249. The second kappa shape index (κ2) is 11.9. The molecule has 0 unspecified atom stereocenters. The first-order valence-corrected chi connectivity index (χ1v) is 14.9. The number of likely N-dealkylation sites (tertiary alicyclic amines) is 1. The molecule has 1 heterocycles. The molecule has 1 saturated heterocycles. The summed E-state index contributed by atoms with van der Waals surface area (Å²) in [5.74, 6) is 1.40. The molecule has 0 spiro atoms. The molecule has 5 nitrogen and oxygen atoms in total. The second-order valence-corrected chi connectivity index (χ2v) is 12.3. The van der Waals surface area contributed by atoms with Gasteiger partial charge in [0.15, 0.2) is 5.78 Å². The zero-order valence-corrected chi connectivity index (χ0v) is 23.9. The first-order chi connectivity index (χ1) is 19.5. The van der Waals surface area contributed by atoms with E-state index in [0.29, 0.717) is 38.1 Å². The number of nitrogens with zero attached hydrogens (tertiary/aromatic N) is 1. The van der Waals surface area contributed by atoms with Crippen molar-refractivity contribution in [3.8, 4) is 0 Å². The smallest absolute Gasteiger partial charge is 0.180 e. The highest BCUT2D eigenvalue weighted by atomic mass is 16.5. The summed E-state index contributed by atoms with van der Waals surface area (Å²) >= 11 is 0. The molecule has 1 saturated carbocycles. The van der Waals surface area contributed by atoms with E-state index in [2.05, 4.69) is 66.5 Å². The first-order valence-electron chi connectivity index (χ1n) is 14.9. The van der Waals surface area contributed by atoms with Gasteiger partial charge in [-0.1, -0.05) is 74.5 Å². The number of piperidine rings is 1. The summed E-state index contributed by atoms with van der Waals surface area (Å²) in [6, 6.07) is 26.9. The number of fused-ring (bicyclic) bond motifs is 4. The maximum absolute atomic E-state index is 13.8. The van der Waals surface area contributed by atoms with Crippen LogP contribution in [0.1, 0.15) is 60.2 Å². The molecule has 3 aliphatic rings. The fourth-order valence-electron chi connectivity index (χ4n) is 6.65. The van der Waals surface area contributed by atoms with E-state index in [9.17, 15) is 4.79 Å². The normalized spacial score (nSPS) is 24.2. The molecule has 3 aromatic carbocycles. The molecule has 210 valence electrons. The Hall–Kier alpha value is -2.99. The summed E-state index contributed by atoms with van der Waals surface area (Å²) in [7, 11) is 0. The number of hydrogen-bond donors (Lipinski definition) is 1. The second-order valence-electron chi connectivity index (χ2n) is 12.3. The molecular weight excluding hydrogens is 496 g/mol. The molecule has 5 heteroatoms. The number of anilines is 1. The number of carbonyl (C=O) groups excluding carboxylic acids is 1. The molecule has 0 aromatic heterocycles. The highest BCUT2D eigenvalue weighted by Gasteiger charge is 2.52. The number of Topliss-reactive ketones (excluding diaryl/α,β-unsaturated/α-hetero) is 1. The van der Waals surface area contributed by atoms with Gasteiger partial charge < -0.3 is 14.8 Å². The van der Waals surface area contributed by atoms with Gasteiger partial charge in [0.2, 0.25) is 0 Å². The average Bonchev–Trinajstić information content (AvgIpc) is 3.79. The third-order valence-corrected chi connectivity index (χ3v) is 9.38. The maximum Gasteiger partial charge on any atom is 0.180 e. The molecule has 3 aromatic rings. The van der Waals surface area contributed by atoms with E-state index in [-0.39, 0.29) is 17.5 Å². The topological polar surface area (TPSA) is 50.8 Å². The molecule has 40 heavy (non-hydrogen) atoms. The van der Waals surface area contributed by atoms with Gasteiger partial charge in [0.1, 0.15) is 0 Å². The van der Waals surface area contributed by atoms with E-state index in [1.807, 2.05) is 36.4 Å². The number of carbonyl (C=O) groups is 1. The van der Waals surface area contributed by atoms with Crippen molar-refractivity contribution in [1.29, 1.82) is 0 Å². The Kier molecular flexibility index (Phi) is 8.06. The van der Waals surface area contributed by atoms with Gasteiger partial charge >= 0.3 is 0 Å². The number of ketones is 1. The lowest BCUT2D eigenvalue weighted by Crippen LogP contribution is -2.61. The van der Waals surface area contributed by atoms with Crippen LogP contribution in [0.25, 0.3) is 0 Å². The van der Waals surface area contributed by atoms with Crippen LogP contribution in [0.5, 0.6) is 0 Å². The Morgan fingerprint density at radius 1 is 0.925 bits per heavy atom. The Morgan fingerprint density at radius 3 is 2.15 bits per heavy atom. The number of ether oxygens (including phenoxy) is 2. The van der Waals surface area contributed by atoms with E-state index in [1.165, 1.54) is 18.4 Å². The Balaban J connectivity index is 1.17. The predicted octanol–water partition coefficient (Wildman–Crippen LogP) is 6.48. The molecule has 1 N–H and O–H groups in total. The van der Waals surface area contributed by atoms with Crippen molar-refractivity contribution in [2.24, 2.45) is 11.8 Å². The number of benzene rings is 3. The van der Waals surface area contributed by atoms with Crippen LogP contribution in [-0.4, -0.2) is 49.1 Å². The van der Waals surface area contributed by atoms with Crippen molar-refractivity contribution in [3.63, 3.8) is 0 Å². The van der Waals surface area contributed by atoms with Crippen molar-refractivity contribution in [1.82, 2.24) is 4.90 Å². The Labute approximate surface area is 238 Å². The molecular formula is C35H42N2O3. The maximum atomic E-state index is 13.8. The summed E-state index contributed by atoms with van der Waals surface area (Å²) in [5.41, 5.74) is 5.44. The summed E-state index contributed by atoms with van der Waals surface area (Å²) in [6.07, 6.45) is 3.73. The van der Waals surface area contributed by atoms with Crippen molar-refractivity contribution in [2.45, 2.75) is 63.8 Å². The number of nitrogens with one attached hydrogen (secondary N) is 1. The van der Waals surface area contributed by atoms with Crippen LogP contribution < -0.4 is 5.32 Å². The van der Waals surface area contributed by atoms with Crippen molar-refractivity contribution < 1.29 is 14.3 Å². The minimum absolute atomic E-state index is 0.00519. The fourth-order valence-corrected chi connectivity index (χ4v) is 6.65. The Morgan fingerprint density at radius 2 is 1.55 bits per heavy atom. The predicted molar refractivity (Wildman–Crippen MR) is 160 cm³/mol. The molecule has 0 amide bonds. The number of hydrogen-bond acceptors (Lipinski definition) is 5. The van der Waals surface area contributed by atoms with Gasteiger partial charge in [-0.25, -0.2) is 0 Å². The molecule has 0 radical (unpaired) electrons. The van der Waals surface area contributed by atoms with Crippen molar-refractivity contribution in [2.75, 3.05) is 31.6 Å². The summed E-state index contributed by atoms with van der Waals surface area (Å²) in [5, 5.41) is 3.69. The van der Waals surface area contributed by atoms with Crippen LogP contribution >= 0.6 is 0 Å². The highest BCUT2D eigenvalue weighted by molar-refractivity contribution is 6.04. The van der Waals surface area contributed by atoms with Crippen LogP contribution in [0.15, 0.2) is 78.9 Å². The van der Waals surface area contributed by atoms with Crippen LogP contribution in [0, 0.1) is 11.8 Å². The highest BCUT2D eigenvalue weighted by Crippen LogP contribution is 2.50. The molecule has 3 atom stereocenters. The molecule has 2 aliphatic carbocycles. The van der Waals surface area contributed by atoms with Gasteiger partial charge in [-0.05, 0) is 77.9 Å². The third-order valence-electron chi connectivity index (χ3n) is 9.38. The van der Waals surface area contributed by atoms with Crippen molar-refractivity contribution >= 4 is 11.5 Å². The quantitative estimate of drug-likeness (QED) is 0.286. The summed E-state index contributed by atoms with van der Waals surface area (Å²) in [6.45, 7) is 8.92. The SMILES string of the molecule is C[C@H]1[C@H]2C(=O)c3ccc(NC(COCc4ccccc4)COCc4ccccc4)cc3[C@]1(C)CCN2CC1CC1. The van der Waals surface area contributed by atoms with Crippen molar-refractivity contribution in [3.05, 3.63) is 101 Å². The van der Waals surface area contributed by atoms with Crippen LogP contribution in [0.3, 0.4) is 0 Å². The lowest BCUT2D eigenvalue weighted by Gasteiger charge is -2.53. The van der Waals surface area contributed by atoms with E-state index in [1.54, 1.807) is 0 Å². The van der Waals surface area contributed by atoms with Gasteiger partial charge in [-0.2, -0.15) is 0 Å². The monoisotopic (exact) mass is 538 g/mol. The average molecular weight is 539 g/mol. The van der Waals surface area contributed by atoms with E-state index < -0.39 is 0 Å². The van der Waals surface area contributed by atoms with E-state index in [0.717, 1.165) is 47.8 Å². The molecule has 2 fully saturated rings. The molecule has 1 aliphatic heterocycles. The van der Waals surface area contributed by atoms with E-state index in [4.69, 9.17) is 9.47 Å². The zero-order valence-electron chi connectivity index (χ0n) is 23.9. The first kappa shape index (κ1) is 27.2. The lowest BCUT2D eigenvalue weighted by molar-refractivity contribution is 0.0266. The van der Waals surface area contributed by atoms with Crippen LogP contribution in [-0.2, 0) is 28.1 Å². The summed E-state index contributed by atoms with van der Waals surface area (Å²) < 4.78 is 12.3. The minimum Gasteiger partial charge on any atom is -0.378 e. The van der Waals surface area contributed by atoms with Gasteiger partial charge in [0, 0.05) is 17.8 Å².